The predicted octanol–water partition coefficient (Wildman–Crippen LogP) is 6.10. The smallest absolute Gasteiger partial charge is 0.263 e. The molecule has 152 valence electrons. The minimum atomic E-state index is -0.664. The lowest BCUT2D eigenvalue weighted by molar-refractivity contribution is 0.102. The molecule has 0 aliphatic carbocycles. The standard InChI is InChI=1S/C20H11ClF3N3O2S/c1-9-16(18(27-29-9)17-12(21)3-2-4-14(17)24)19(28)26-20-25-15(8-30-20)11-7-10(22)5-6-13(11)23/h2-8H,1H3,(H,25,26,28). The molecule has 0 spiro atoms. The molecule has 0 aliphatic heterocycles. The summed E-state index contributed by atoms with van der Waals surface area (Å²) in [5.74, 6) is -2.44. The van der Waals surface area contributed by atoms with E-state index in [1.54, 1.807) is 0 Å². The molecule has 0 atom stereocenters. The van der Waals surface area contributed by atoms with Gasteiger partial charge in [-0.05, 0) is 37.3 Å². The van der Waals surface area contributed by atoms with Gasteiger partial charge < -0.3 is 4.52 Å². The zero-order valence-electron chi connectivity index (χ0n) is 15.2. The van der Waals surface area contributed by atoms with Crippen molar-refractivity contribution in [2.24, 2.45) is 0 Å². The third-order valence-corrected chi connectivity index (χ3v) is 5.29. The fourth-order valence-electron chi connectivity index (χ4n) is 2.84. The number of aromatic nitrogens is 2. The topological polar surface area (TPSA) is 68.0 Å². The number of anilines is 1. The van der Waals surface area contributed by atoms with Crippen LogP contribution in [0.4, 0.5) is 18.3 Å². The molecule has 2 aromatic carbocycles. The average molecular weight is 450 g/mol. The van der Waals surface area contributed by atoms with Crippen molar-refractivity contribution in [2.75, 3.05) is 5.32 Å². The SMILES string of the molecule is Cc1onc(-c2c(F)cccc2Cl)c1C(=O)Nc1nc(-c2cc(F)ccc2F)cs1. The van der Waals surface area contributed by atoms with Crippen molar-refractivity contribution < 1.29 is 22.5 Å². The Kier molecular flexibility index (Phi) is 5.31. The first-order valence-corrected chi connectivity index (χ1v) is 9.74. The highest BCUT2D eigenvalue weighted by Gasteiger charge is 2.26. The molecule has 0 unspecified atom stereocenters. The Hall–Kier alpha value is -3.17. The third kappa shape index (κ3) is 3.69. The van der Waals surface area contributed by atoms with Crippen molar-refractivity contribution in [3.8, 4) is 22.5 Å². The Balaban J connectivity index is 1.66. The van der Waals surface area contributed by atoms with E-state index in [4.69, 9.17) is 16.1 Å². The van der Waals surface area contributed by atoms with Crippen molar-refractivity contribution in [3.05, 3.63) is 75.6 Å². The van der Waals surface area contributed by atoms with E-state index in [0.29, 0.717) is 0 Å². The van der Waals surface area contributed by atoms with Crippen LogP contribution in [0.25, 0.3) is 22.5 Å². The number of carbonyl (C=O) groups is 1. The van der Waals surface area contributed by atoms with Gasteiger partial charge in [0.25, 0.3) is 5.91 Å². The number of amides is 1. The van der Waals surface area contributed by atoms with Crippen LogP contribution in [-0.2, 0) is 0 Å². The molecule has 30 heavy (non-hydrogen) atoms. The monoisotopic (exact) mass is 449 g/mol. The maximum Gasteiger partial charge on any atom is 0.263 e. The number of thiazole rings is 1. The van der Waals surface area contributed by atoms with Crippen molar-refractivity contribution >= 4 is 34.0 Å². The van der Waals surface area contributed by atoms with Gasteiger partial charge in [-0.25, -0.2) is 18.2 Å². The zero-order valence-corrected chi connectivity index (χ0v) is 16.7. The van der Waals surface area contributed by atoms with Gasteiger partial charge in [-0.3, -0.25) is 10.1 Å². The van der Waals surface area contributed by atoms with Crippen LogP contribution in [0.3, 0.4) is 0 Å². The fourth-order valence-corrected chi connectivity index (χ4v) is 3.80. The molecular weight excluding hydrogens is 439 g/mol. The lowest BCUT2D eigenvalue weighted by Crippen LogP contribution is -2.13. The molecule has 5 nitrogen and oxygen atoms in total. The fraction of sp³-hybridized carbons (Fsp3) is 0.0500. The average Bonchev–Trinajstić information content (AvgIpc) is 3.30. The van der Waals surface area contributed by atoms with E-state index < -0.39 is 23.4 Å². The van der Waals surface area contributed by atoms with Crippen LogP contribution in [0, 0.1) is 24.4 Å². The van der Waals surface area contributed by atoms with Crippen LogP contribution in [-0.4, -0.2) is 16.0 Å². The molecular formula is C20H11ClF3N3O2S. The summed E-state index contributed by atoms with van der Waals surface area (Å²) >= 11 is 7.09. The van der Waals surface area contributed by atoms with Crippen LogP contribution < -0.4 is 5.32 Å². The number of rotatable bonds is 4. The van der Waals surface area contributed by atoms with Crippen LogP contribution >= 0.6 is 22.9 Å². The third-order valence-electron chi connectivity index (χ3n) is 4.22. The van der Waals surface area contributed by atoms with E-state index in [0.717, 1.165) is 29.5 Å². The van der Waals surface area contributed by atoms with Gasteiger partial charge >= 0.3 is 0 Å². The normalized spacial score (nSPS) is 11.0. The van der Waals surface area contributed by atoms with E-state index in [9.17, 15) is 18.0 Å². The van der Waals surface area contributed by atoms with Gasteiger partial charge in [-0.1, -0.05) is 22.8 Å². The van der Waals surface area contributed by atoms with Crippen molar-refractivity contribution in [1.29, 1.82) is 0 Å². The summed E-state index contributed by atoms with van der Waals surface area (Å²) in [5.41, 5.74) is -0.0157. The number of carbonyl (C=O) groups excluding carboxylic acids is 1. The van der Waals surface area contributed by atoms with Gasteiger partial charge in [0.15, 0.2) is 5.13 Å². The Morgan fingerprint density at radius 3 is 2.73 bits per heavy atom. The highest BCUT2D eigenvalue weighted by Crippen LogP contribution is 2.34. The van der Waals surface area contributed by atoms with Crippen LogP contribution in [0.2, 0.25) is 5.02 Å². The summed E-state index contributed by atoms with van der Waals surface area (Å²) < 4.78 is 46.8. The summed E-state index contributed by atoms with van der Waals surface area (Å²) in [4.78, 5) is 17.0. The summed E-state index contributed by atoms with van der Waals surface area (Å²) in [6, 6.07) is 7.08. The van der Waals surface area contributed by atoms with E-state index in [1.807, 2.05) is 0 Å². The summed E-state index contributed by atoms with van der Waals surface area (Å²) in [5, 5.41) is 7.99. The van der Waals surface area contributed by atoms with Crippen molar-refractivity contribution in [2.45, 2.75) is 6.92 Å². The molecule has 2 heterocycles. The molecule has 0 fully saturated rings. The number of hydrogen-bond donors (Lipinski definition) is 1. The van der Waals surface area contributed by atoms with E-state index in [1.165, 1.54) is 30.5 Å². The molecule has 4 rings (SSSR count). The number of halogens is 4. The first-order chi connectivity index (χ1) is 14.3. The van der Waals surface area contributed by atoms with Gasteiger partial charge in [-0.2, -0.15) is 0 Å². The van der Waals surface area contributed by atoms with E-state index >= 15 is 0 Å². The molecule has 0 saturated heterocycles. The van der Waals surface area contributed by atoms with Gasteiger partial charge in [0.1, 0.15) is 34.5 Å². The number of hydrogen-bond acceptors (Lipinski definition) is 5. The second-order valence-electron chi connectivity index (χ2n) is 6.18. The van der Waals surface area contributed by atoms with E-state index in [2.05, 4.69) is 15.5 Å². The summed E-state index contributed by atoms with van der Waals surface area (Å²) in [7, 11) is 0. The first kappa shape index (κ1) is 20.1. The van der Waals surface area contributed by atoms with Crippen molar-refractivity contribution in [1.82, 2.24) is 10.1 Å². The van der Waals surface area contributed by atoms with Gasteiger partial charge in [-0.15, -0.1) is 11.3 Å². The molecule has 10 heteroatoms. The van der Waals surface area contributed by atoms with Crippen LogP contribution in [0.1, 0.15) is 16.1 Å². The molecule has 0 aliphatic rings. The molecule has 0 radical (unpaired) electrons. The second-order valence-corrected chi connectivity index (χ2v) is 7.44. The minimum absolute atomic E-state index is 0.0179. The first-order valence-electron chi connectivity index (χ1n) is 8.48. The maximum atomic E-state index is 14.3. The Bertz CT molecular complexity index is 1250. The number of nitrogens with one attached hydrogen (secondary N) is 1. The molecule has 1 amide bonds. The largest absolute Gasteiger partial charge is 0.360 e. The highest BCUT2D eigenvalue weighted by molar-refractivity contribution is 7.14. The molecule has 4 aromatic rings. The van der Waals surface area contributed by atoms with Crippen LogP contribution in [0.5, 0.6) is 0 Å². The molecule has 1 N–H and O–H groups in total. The zero-order chi connectivity index (χ0) is 21.4. The number of benzene rings is 2. The lowest BCUT2D eigenvalue weighted by atomic mass is 10.1. The Labute approximate surface area is 177 Å². The highest BCUT2D eigenvalue weighted by atomic mass is 35.5. The number of nitrogens with zero attached hydrogens (tertiary/aromatic N) is 2. The van der Waals surface area contributed by atoms with Crippen LogP contribution in [0.15, 0.2) is 46.3 Å². The second kappa shape index (κ2) is 7.92. The summed E-state index contributed by atoms with van der Waals surface area (Å²) in [6.07, 6.45) is 0. The van der Waals surface area contributed by atoms with Gasteiger partial charge in [0, 0.05) is 10.9 Å². The molecule has 0 bridgehead atoms. The predicted molar refractivity (Wildman–Crippen MR) is 107 cm³/mol. The maximum absolute atomic E-state index is 14.3. The Morgan fingerprint density at radius 1 is 1.17 bits per heavy atom. The quantitative estimate of drug-likeness (QED) is 0.409. The van der Waals surface area contributed by atoms with Gasteiger partial charge in [0.2, 0.25) is 0 Å². The minimum Gasteiger partial charge on any atom is -0.360 e. The Morgan fingerprint density at radius 2 is 1.97 bits per heavy atom. The van der Waals surface area contributed by atoms with Gasteiger partial charge in [0.05, 0.1) is 16.3 Å². The van der Waals surface area contributed by atoms with E-state index in [-0.39, 0.29) is 44.0 Å². The molecule has 2 aromatic heterocycles. The molecule has 0 saturated carbocycles. The lowest BCUT2D eigenvalue weighted by Gasteiger charge is -2.06. The van der Waals surface area contributed by atoms with Crippen molar-refractivity contribution in [3.63, 3.8) is 0 Å². The number of aryl methyl sites for hydroxylation is 1. The summed E-state index contributed by atoms with van der Waals surface area (Å²) in [6.45, 7) is 1.50.